The van der Waals surface area contributed by atoms with Crippen LogP contribution in [0, 0.1) is 13.8 Å². The molecule has 0 atom stereocenters. The molecule has 0 fully saturated rings. The maximum atomic E-state index is 11.7. The van der Waals surface area contributed by atoms with Crippen molar-refractivity contribution in [1.29, 1.82) is 0 Å². The Morgan fingerprint density at radius 2 is 1.81 bits per heavy atom. The SMILES string of the molecule is CCOC(=O)/C=C/c1cc(C)c(C)cc1OC(=O)N(C)C. The van der Waals surface area contributed by atoms with Crippen molar-refractivity contribution in [2.45, 2.75) is 20.8 Å². The minimum absolute atomic E-state index is 0.318. The smallest absolute Gasteiger partial charge is 0.414 e. The summed E-state index contributed by atoms with van der Waals surface area (Å²) >= 11 is 0. The minimum atomic E-state index is -0.468. The molecule has 0 spiro atoms. The molecule has 1 rings (SSSR count). The van der Waals surface area contributed by atoms with Crippen LogP contribution in [0.4, 0.5) is 4.79 Å². The van der Waals surface area contributed by atoms with Crippen molar-refractivity contribution in [3.8, 4) is 5.75 Å². The van der Waals surface area contributed by atoms with Crippen LogP contribution in [0.25, 0.3) is 6.08 Å². The molecule has 1 amide bonds. The van der Waals surface area contributed by atoms with Crippen LogP contribution in [0.1, 0.15) is 23.6 Å². The molecule has 5 heteroatoms. The highest BCUT2D eigenvalue weighted by Gasteiger charge is 2.11. The van der Waals surface area contributed by atoms with E-state index in [0.29, 0.717) is 17.9 Å². The average Bonchev–Trinajstić information content (AvgIpc) is 2.41. The second-order valence-corrected chi connectivity index (χ2v) is 4.82. The van der Waals surface area contributed by atoms with Crippen molar-refractivity contribution in [3.05, 3.63) is 34.9 Å². The lowest BCUT2D eigenvalue weighted by atomic mass is 10.0. The Bertz CT molecular complexity index is 562. The molecule has 0 saturated carbocycles. The van der Waals surface area contributed by atoms with Crippen molar-refractivity contribution >= 4 is 18.1 Å². The van der Waals surface area contributed by atoms with Crippen LogP contribution in [0.2, 0.25) is 0 Å². The van der Waals surface area contributed by atoms with Gasteiger partial charge < -0.3 is 14.4 Å². The number of hydrogen-bond donors (Lipinski definition) is 0. The van der Waals surface area contributed by atoms with Gasteiger partial charge in [-0.25, -0.2) is 9.59 Å². The highest BCUT2D eigenvalue weighted by Crippen LogP contribution is 2.25. The van der Waals surface area contributed by atoms with E-state index in [1.807, 2.05) is 19.9 Å². The summed E-state index contributed by atoms with van der Waals surface area (Å²) in [5.74, 6) is -0.0158. The van der Waals surface area contributed by atoms with Crippen LogP contribution >= 0.6 is 0 Å². The van der Waals surface area contributed by atoms with Crippen LogP contribution in [-0.2, 0) is 9.53 Å². The van der Waals surface area contributed by atoms with Gasteiger partial charge in [-0.05, 0) is 50.1 Å². The van der Waals surface area contributed by atoms with Gasteiger partial charge in [0, 0.05) is 25.7 Å². The standard InChI is InChI=1S/C16H21NO4/c1-6-20-15(18)8-7-13-9-11(2)12(3)10-14(13)21-16(19)17(4)5/h7-10H,6H2,1-5H3/b8-7+. The van der Waals surface area contributed by atoms with Crippen LogP contribution in [0.15, 0.2) is 18.2 Å². The number of amides is 1. The minimum Gasteiger partial charge on any atom is -0.463 e. The fraction of sp³-hybridized carbons (Fsp3) is 0.375. The van der Waals surface area contributed by atoms with E-state index in [2.05, 4.69) is 0 Å². The molecule has 1 aromatic rings. The number of benzene rings is 1. The molecule has 0 radical (unpaired) electrons. The number of esters is 1. The summed E-state index contributed by atoms with van der Waals surface area (Å²) in [6, 6.07) is 3.64. The summed E-state index contributed by atoms with van der Waals surface area (Å²) in [5, 5.41) is 0. The molecular formula is C16H21NO4. The van der Waals surface area contributed by atoms with Crippen LogP contribution < -0.4 is 4.74 Å². The normalized spacial score (nSPS) is 10.5. The van der Waals surface area contributed by atoms with Crippen molar-refractivity contribution in [3.63, 3.8) is 0 Å². The van der Waals surface area contributed by atoms with Crippen molar-refractivity contribution in [1.82, 2.24) is 4.90 Å². The number of rotatable bonds is 4. The lowest BCUT2D eigenvalue weighted by Gasteiger charge is -2.14. The predicted octanol–water partition coefficient (Wildman–Crippen LogP) is 2.94. The Labute approximate surface area is 125 Å². The molecule has 0 bridgehead atoms. The van der Waals surface area contributed by atoms with Gasteiger partial charge in [-0.3, -0.25) is 0 Å². The molecule has 0 aromatic heterocycles. The first-order chi connectivity index (χ1) is 9.85. The predicted molar refractivity (Wildman–Crippen MR) is 81.3 cm³/mol. The third kappa shape index (κ3) is 4.95. The Balaban J connectivity index is 3.08. The van der Waals surface area contributed by atoms with Crippen LogP contribution in [0.5, 0.6) is 5.75 Å². The number of carbonyl (C=O) groups excluding carboxylic acids is 2. The zero-order valence-corrected chi connectivity index (χ0v) is 13.1. The first-order valence-corrected chi connectivity index (χ1v) is 6.70. The van der Waals surface area contributed by atoms with E-state index in [9.17, 15) is 9.59 Å². The van der Waals surface area contributed by atoms with Gasteiger partial charge in [-0.2, -0.15) is 0 Å². The van der Waals surface area contributed by atoms with Gasteiger partial charge in [-0.1, -0.05) is 0 Å². The number of aryl methyl sites for hydroxylation is 2. The molecule has 0 aliphatic heterocycles. The van der Waals surface area contributed by atoms with Gasteiger partial charge >= 0.3 is 12.1 Å². The monoisotopic (exact) mass is 291 g/mol. The van der Waals surface area contributed by atoms with E-state index < -0.39 is 12.1 Å². The quantitative estimate of drug-likeness (QED) is 0.632. The van der Waals surface area contributed by atoms with Crippen molar-refractivity contribution in [2.24, 2.45) is 0 Å². The number of hydrogen-bond acceptors (Lipinski definition) is 4. The molecule has 0 N–H and O–H groups in total. The summed E-state index contributed by atoms with van der Waals surface area (Å²) in [6.07, 6.45) is 2.44. The van der Waals surface area contributed by atoms with E-state index in [1.165, 1.54) is 11.0 Å². The highest BCUT2D eigenvalue weighted by atomic mass is 16.6. The third-order valence-electron chi connectivity index (χ3n) is 2.87. The van der Waals surface area contributed by atoms with Gasteiger partial charge in [0.2, 0.25) is 0 Å². The molecule has 0 saturated heterocycles. The van der Waals surface area contributed by atoms with E-state index in [-0.39, 0.29) is 0 Å². The van der Waals surface area contributed by atoms with Gasteiger partial charge in [0.25, 0.3) is 0 Å². The van der Waals surface area contributed by atoms with E-state index >= 15 is 0 Å². The summed E-state index contributed by atoms with van der Waals surface area (Å²) in [6.45, 7) is 5.94. The molecule has 0 unspecified atom stereocenters. The molecule has 0 aliphatic carbocycles. The van der Waals surface area contributed by atoms with E-state index in [1.54, 1.807) is 33.2 Å². The molecule has 5 nitrogen and oxygen atoms in total. The molecular weight excluding hydrogens is 270 g/mol. The molecule has 0 aliphatic rings. The highest BCUT2D eigenvalue weighted by molar-refractivity contribution is 5.88. The fourth-order valence-corrected chi connectivity index (χ4v) is 1.56. The largest absolute Gasteiger partial charge is 0.463 e. The molecule has 21 heavy (non-hydrogen) atoms. The lowest BCUT2D eigenvalue weighted by Crippen LogP contribution is -2.25. The Hall–Kier alpha value is -2.30. The first kappa shape index (κ1) is 16.8. The lowest BCUT2D eigenvalue weighted by molar-refractivity contribution is -0.137. The van der Waals surface area contributed by atoms with Crippen molar-refractivity contribution < 1.29 is 19.1 Å². The zero-order chi connectivity index (χ0) is 16.0. The summed E-state index contributed by atoms with van der Waals surface area (Å²) in [5.41, 5.74) is 2.70. The summed E-state index contributed by atoms with van der Waals surface area (Å²) in [7, 11) is 3.22. The van der Waals surface area contributed by atoms with Crippen LogP contribution in [-0.4, -0.2) is 37.7 Å². The molecule has 0 heterocycles. The fourth-order valence-electron chi connectivity index (χ4n) is 1.56. The molecule has 114 valence electrons. The van der Waals surface area contributed by atoms with Crippen LogP contribution in [0.3, 0.4) is 0 Å². The van der Waals surface area contributed by atoms with E-state index in [4.69, 9.17) is 9.47 Å². The van der Waals surface area contributed by atoms with Gasteiger partial charge in [0.05, 0.1) is 6.61 Å². The van der Waals surface area contributed by atoms with Gasteiger partial charge in [0.1, 0.15) is 5.75 Å². The zero-order valence-electron chi connectivity index (χ0n) is 13.1. The average molecular weight is 291 g/mol. The Morgan fingerprint density at radius 1 is 1.19 bits per heavy atom. The van der Waals surface area contributed by atoms with Gasteiger partial charge in [0.15, 0.2) is 0 Å². The van der Waals surface area contributed by atoms with E-state index in [0.717, 1.165) is 11.1 Å². The molecule has 1 aromatic carbocycles. The maximum Gasteiger partial charge on any atom is 0.414 e. The Kier molecular flexibility index (Phi) is 5.96. The Morgan fingerprint density at radius 3 is 2.38 bits per heavy atom. The first-order valence-electron chi connectivity index (χ1n) is 6.70. The number of nitrogens with zero attached hydrogens (tertiary/aromatic N) is 1. The van der Waals surface area contributed by atoms with Gasteiger partial charge in [-0.15, -0.1) is 0 Å². The second kappa shape index (κ2) is 7.47. The third-order valence-corrected chi connectivity index (χ3v) is 2.87. The second-order valence-electron chi connectivity index (χ2n) is 4.82. The summed E-state index contributed by atoms with van der Waals surface area (Å²) < 4.78 is 10.2. The summed E-state index contributed by atoms with van der Waals surface area (Å²) in [4.78, 5) is 24.4. The topological polar surface area (TPSA) is 55.8 Å². The van der Waals surface area contributed by atoms with Crippen molar-refractivity contribution in [2.75, 3.05) is 20.7 Å². The maximum absolute atomic E-state index is 11.7. The number of ether oxygens (including phenoxy) is 2. The number of carbonyl (C=O) groups is 2.